The second kappa shape index (κ2) is 34.6. The van der Waals surface area contributed by atoms with Crippen LogP contribution in [-0.2, 0) is 82.0 Å². The van der Waals surface area contributed by atoms with Crippen LogP contribution in [-0.4, -0.2) is 104 Å². The molecule has 0 bridgehead atoms. The maximum atomic E-state index is 14.8. The minimum absolute atomic E-state index is 0.00698. The number of methoxy groups -OCH3 is 2. The van der Waals surface area contributed by atoms with Crippen LogP contribution in [0.3, 0.4) is 0 Å². The summed E-state index contributed by atoms with van der Waals surface area (Å²) in [5.41, 5.74) is 0. The monoisotopic (exact) mass is 976 g/mol. The third-order valence-electron chi connectivity index (χ3n) is 9.47. The van der Waals surface area contributed by atoms with Crippen molar-refractivity contribution >= 4 is 31.3 Å². The molecule has 0 saturated heterocycles. The lowest BCUT2D eigenvalue weighted by Gasteiger charge is -2.49. The van der Waals surface area contributed by atoms with Crippen molar-refractivity contribution in [3.8, 4) is 0 Å². The first kappa shape index (κ1) is 60.4. The van der Waals surface area contributed by atoms with Crippen molar-refractivity contribution in [2.45, 2.75) is 195 Å². The van der Waals surface area contributed by atoms with E-state index in [1.165, 1.54) is 14.2 Å². The smallest absolute Gasteiger partial charge is 0.376 e. The highest BCUT2D eigenvalue weighted by atomic mass is 31.2. The number of phosphoric ester groups is 4. The van der Waals surface area contributed by atoms with Gasteiger partial charge in [0.05, 0.1) is 52.9 Å². The van der Waals surface area contributed by atoms with Gasteiger partial charge in [0.1, 0.15) is 36.6 Å². The molecule has 0 radical (unpaired) electrons. The van der Waals surface area contributed by atoms with Gasteiger partial charge in [0.25, 0.3) is 0 Å². The molecule has 0 aromatic rings. The number of phosphoric acid groups is 4. The summed E-state index contributed by atoms with van der Waals surface area (Å²) in [7, 11) is -15.5. The lowest BCUT2D eigenvalue weighted by molar-refractivity contribution is -0.225. The van der Waals surface area contributed by atoms with Crippen LogP contribution in [0.15, 0.2) is 0 Å². The van der Waals surface area contributed by atoms with E-state index in [2.05, 4.69) is 0 Å². The van der Waals surface area contributed by atoms with Gasteiger partial charge < -0.3 is 9.47 Å². The first-order valence-electron chi connectivity index (χ1n) is 23.1. The molecule has 0 unspecified atom stereocenters. The Balaban J connectivity index is 4.30. The van der Waals surface area contributed by atoms with E-state index in [0.717, 1.165) is 0 Å². The predicted molar refractivity (Wildman–Crippen MR) is 238 cm³/mol. The number of rotatable bonds is 42. The van der Waals surface area contributed by atoms with Gasteiger partial charge in [-0.1, -0.05) is 107 Å². The zero-order valence-corrected chi connectivity index (χ0v) is 43.1. The Hall–Kier alpha value is 0.360. The van der Waals surface area contributed by atoms with Gasteiger partial charge in [-0.15, -0.1) is 0 Å². The van der Waals surface area contributed by atoms with Crippen LogP contribution in [0.5, 0.6) is 0 Å². The average molecular weight is 977 g/mol. The van der Waals surface area contributed by atoms with Gasteiger partial charge in [-0.25, -0.2) is 18.3 Å². The molecular formula is C40H84O18P4. The minimum atomic E-state index is -4.53. The fourth-order valence-electron chi connectivity index (χ4n) is 5.69. The molecule has 1 rings (SSSR count). The van der Waals surface area contributed by atoms with Crippen molar-refractivity contribution in [1.29, 1.82) is 0 Å². The molecule has 0 heterocycles. The van der Waals surface area contributed by atoms with Crippen LogP contribution in [0.4, 0.5) is 0 Å². The summed E-state index contributed by atoms with van der Waals surface area (Å²) in [6.45, 7) is 15.6. The molecule has 1 aliphatic carbocycles. The molecule has 6 atom stereocenters. The van der Waals surface area contributed by atoms with Gasteiger partial charge in [0.2, 0.25) is 0 Å². The molecule has 1 fully saturated rings. The van der Waals surface area contributed by atoms with Gasteiger partial charge in [-0.3, -0.25) is 54.3 Å². The van der Waals surface area contributed by atoms with E-state index in [-0.39, 0.29) is 52.9 Å². The summed E-state index contributed by atoms with van der Waals surface area (Å²) < 4.78 is 144. The third kappa shape index (κ3) is 22.9. The molecule has 0 aromatic heterocycles. The fraction of sp³-hybridized carbons (Fsp3) is 1.00. The maximum absolute atomic E-state index is 14.8. The zero-order chi connectivity index (χ0) is 46.3. The Morgan fingerprint density at radius 2 is 0.419 bits per heavy atom. The summed E-state index contributed by atoms with van der Waals surface area (Å²) in [6, 6.07) is 0. The van der Waals surface area contributed by atoms with E-state index in [4.69, 9.17) is 63.8 Å². The van der Waals surface area contributed by atoms with Crippen molar-refractivity contribution in [1.82, 2.24) is 0 Å². The van der Waals surface area contributed by atoms with Crippen molar-refractivity contribution in [2.24, 2.45) is 0 Å². The molecule has 0 N–H and O–H groups in total. The molecule has 0 aliphatic heterocycles. The standard InChI is InChI=1S/C40H84O18P4/c1-11-19-27-47-59(41,48-28-20-12-2)55-37-35(45-9)39(57-61(43,51-31-23-15-5)52-32-24-16-6)40(58-62(44,53-33-25-17-7)54-34-26-18-8)36(46-10)38(37)56-60(42,49-29-21-13-3)50-30-22-14-4/h35-40H,11-34H2,1-10H3/t35-,36+,37-,38-,39+,40+. The van der Waals surface area contributed by atoms with Crippen LogP contribution in [0, 0.1) is 0 Å². The summed E-state index contributed by atoms with van der Waals surface area (Å²) in [4.78, 5) is 0. The van der Waals surface area contributed by atoms with E-state index >= 15 is 0 Å². The highest BCUT2D eigenvalue weighted by molar-refractivity contribution is 7.49. The second-order valence-electron chi connectivity index (χ2n) is 15.0. The van der Waals surface area contributed by atoms with Gasteiger partial charge in [-0.05, 0) is 51.4 Å². The van der Waals surface area contributed by atoms with E-state index in [1.807, 2.05) is 55.4 Å². The Kier molecular flexibility index (Phi) is 33.7. The zero-order valence-electron chi connectivity index (χ0n) is 39.6. The van der Waals surface area contributed by atoms with Crippen molar-refractivity contribution in [3.05, 3.63) is 0 Å². The molecule has 372 valence electrons. The molecular weight excluding hydrogens is 892 g/mol. The van der Waals surface area contributed by atoms with E-state index in [9.17, 15) is 18.3 Å². The molecule has 1 saturated carbocycles. The topological polar surface area (TPSA) is 197 Å². The summed E-state index contributed by atoms with van der Waals surface area (Å²) in [6.07, 6.45) is 0.305. The second-order valence-corrected chi connectivity index (χ2v) is 21.5. The number of hydrogen-bond donors (Lipinski definition) is 0. The average Bonchev–Trinajstić information content (AvgIpc) is 3.23. The third-order valence-corrected chi connectivity index (χ3v) is 15.5. The van der Waals surface area contributed by atoms with Crippen LogP contribution >= 0.6 is 31.3 Å². The molecule has 0 amide bonds. The summed E-state index contributed by atoms with van der Waals surface area (Å²) in [5, 5.41) is 0. The van der Waals surface area contributed by atoms with Gasteiger partial charge in [0, 0.05) is 14.2 Å². The van der Waals surface area contributed by atoms with Crippen molar-refractivity contribution in [2.75, 3.05) is 67.1 Å². The molecule has 0 spiro atoms. The van der Waals surface area contributed by atoms with Crippen LogP contribution in [0.1, 0.15) is 158 Å². The molecule has 62 heavy (non-hydrogen) atoms. The largest absolute Gasteiger partial charge is 0.475 e. The van der Waals surface area contributed by atoms with Crippen molar-refractivity contribution in [3.63, 3.8) is 0 Å². The highest BCUT2D eigenvalue weighted by Crippen LogP contribution is 2.61. The summed E-state index contributed by atoms with van der Waals surface area (Å²) in [5.74, 6) is 0. The minimum Gasteiger partial charge on any atom is -0.376 e. The van der Waals surface area contributed by atoms with Crippen molar-refractivity contribution < 1.29 is 82.0 Å². The SMILES string of the molecule is CCCCOP(=O)(OCCCC)O[C@@H]1[C@@H](OC)[C@H](OP(=O)(OCCCC)OCCCC)[C@@H](OP(=O)(OCCCC)OCCCC)[C@@H](OC)[C@H]1OP(=O)(OCCCC)OCCCC. The quantitative estimate of drug-likeness (QED) is 0.0413. The Bertz CT molecular complexity index is 1070. The van der Waals surface area contributed by atoms with Crippen LogP contribution in [0.2, 0.25) is 0 Å². The Morgan fingerprint density at radius 3 is 0.532 bits per heavy atom. The molecule has 22 heteroatoms. The number of ether oxygens (including phenoxy) is 2. The first-order chi connectivity index (χ1) is 29.8. The Labute approximate surface area is 374 Å². The van der Waals surface area contributed by atoms with E-state index in [1.54, 1.807) is 0 Å². The first-order valence-corrected chi connectivity index (χ1v) is 29.0. The number of unbranched alkanes of at least 4 members (excludes halogenated alkanes) is 8. The van der Waals surface area contributed by atoms with Crippen LogP contribution < -0.4 is 0 Å². The van der Waals surface area contributed by atoms with Gasteiger partial charge >= 0.3 is 31.3 Å². The molecule has 18 nitrogen and oxygen atoms in total. The van der Waals surface area contributed by atoms with Gasteiger partial charge in [0.15, 0.2) is 0 Å². The van der Waals surface area contributed by atoms with E-state index < -0.39 is 67.9 Å². The van der Waals surface area contributed by atoms with Gasteiger partial charge in [-0.2, -0.15) is 0 Å². The molecule has 1 aliphatic rings. The number of hydrogen-bond acceptors (Lipinski definition) is 18. The normalized spacial score (nSPS) is 21.5. The van der Waals surface area contributed by atoms with E-state index in [0.29, 0.717) is 103 Å². The lowest BCUT2D eigenvalue weighted by atomic mass is 9.84. The summed E-state index contributed by atoms with van der Waals surface area (Å²) >= 11 is 0. The molecule has 0 aromatic carbocycles. The van der Waals surface area contributed by atoms with Crippen LogP contribution in [0.25, 0.3) is 0 Å². The lowest BCUT2D eigenvalue weighted by Crippen LogP contribution is -2.66. The fourth-order valence-corrected chi connectivity index (χ4v) is 11.5. The Morgan fingerprint density at radius 1 is 0.274 bits per heavy atom. The predicted octanol–water partition coefficient (Wildman–Crippen LogP) is 12.5. The highest BCUT2D eigenvalue weighted by Gasteiger charge is 2.61. The maximum Gasteiger partial charge on any atom is 0.475 e.